The van der Waals surface area contributed by atoms with Crippen LogP contribution >= 0.6 is 22.7 Å². The molecule has 0 aliphatic carbocycles. The second kappa shape index (κ2) is 32.6. The lowest BCUT2D eigenvalue weighted by Crippen LogP contribution is -2.45. The quantitative estimate of drug-likeness (QED) is 0.0206. The third-order valence-electron chi connectivity index (χ3n) is 14.0. The van der Waals surface area contributed by atoms with Crippen LogP contribution in [0.25, 0.3) is 43.1 Å². The van der Waals surface area contributed by atoms with Crippen LogP contribution < -0.4 is 10.6 Å². The van der Waals surface area contributed by atoms with Crippen LogP contribution in [0.3, 0.4) is 0 Å². The first-order chi connectivity index (χ1) is 40.7. The summed E-state index contributed by atoms with van der Waals surface area (Å²) in [5.41, 5.74) is 9.46. The molecule has 17 nitrogen and oxygen atoms in total. The smallest absolute Gasteiger partial charge is 0.307 e. The molecule has 0 saturated carbocycles. The highest BCUT2D eigenvalue weighted by atomic mass is 32.1. The number of ketones is 3. The topological polar surface area (TPSA) is 296 Å². The summed E-state index contributed by atoms with van der Waals surface area (Å²) in [6.07, 6.45) is -1.78. The van der Waals surface area contributed by atoms with Crippen LogP contribution in [-0.4, -0.2) is 96.6 Å². The predicted octanol–water partition coefficient (Wildman–Crippen LogP) is 10.9. The van der Waals surface area contributed by atoms with Crippen LogP contribution in [0, 0.1) is 11.8 Å². The summed E-state index contributed by atoms with van der Waals surface area (Å²) in [6, 6.07) is 44.3. The summed E-state index contributed by atoms with van der Waals surface area (Å²) in [5, 5.41) is 55.2. The first-order valence-electron chi connectivity index (χ1n) is 27.5. The molecule has 5 aromatic carbocycles. The van der Waals surface area contributed by atoms with Crippen LogP contribution in [0.5, 0.6) is 0 Å². The molecule has 4 atom stereocenters. The molecule has 0 fully saturated rings. The molecular weight excluding hydrogens is 1120 g/mol. The number of thiophene rings is 2. The minimum Gasteiger partial charge on any atom is -0.481 e. The van der Waals surface area contributed by atoms with E-state index in [0.717, 1.165) is 37.6 Å². The molecule has 2 amide bonds. The van der Waals surface area contributed by atoms with Crippen molar-refractivity contribution < 1.29 is 73.5 Å². The largest absolute Gasteiger partial charge is 0.481 e. The highest BCUT2D eigenvalue weighted by Gasteiger charge is 2.31. The van der Waals surface area contributed by atoms with Gasteiger partial charge in [-0.25, -0.2) is 0 Å². The van der Waals surface area contributed by atoms with Crippen LogP contribution in [-0.2, 0) is 73.6 Å². The zero-order valence-corrected chi connectivity index (χ0v) is 48.3. The molecule has 7 N–H and O–H groups in total. The molecule has 0 unspecified atom stereocenters. The molecule has 442 valence electrons. The summed E-state index contributed by atoms with van der Waals surface area (Å²) >= 11 is 3.27. The van der Waals surface area contributed by atoms with Gasteiger partial charge in [-0.05, 0) is 118 Å². The van der Waals surface area contributed by atoms with Crippen LogP contribution in [0.2, 0.25) is 0 Å². The van der Waals surface area contributed by atoms with Crippen molar-refractivity contribution in [3.05, 3.63) is 179 Å². The number of rotatable bonds is 32. The van der Waals surface area contributed by atoms with E-state index >= 15 is 0 Å². The number of hydrogen-bond donors (Lipinski definition) is 7. The van der Waals surface area contributed by atoms with Gasteiger partial charge in [-0.15, -0.1) is 22.7 Å². The molecule has 0 saturated heterocycles. The van der Waals surface area contributed by atoms with Crippen molar-refractivity contribution in [3.8, 4) is 43.1 Å². The second-order valence-electron chi connectivity index (χ2n) is 20.5. The molecule has 19 heteroatoms. The lowest BCUT2D eigenvalue weighted by Gasteiger charge is -2.23. The Morgan fingerprint density at radius 3 is 1.38 bits per heavy atom. The number of carbonyl (C=O) groups is 10. The monoisotopic (exact) mass is 1190 g/mol. The number of Topliss-reactive ketones (excluding diaryl/α,β-unsaturated/α-hetero) is 3. The van der Waals surface area contributed by atoms with Crippen molar-refractivity contribution in [2.75, 3.05) is 0 Å². The fourth-order valence-electron chi connectivity index (χ4n) is 9.39. The maximum absolute atomic E-state index is 13.3. The van der Waals surface area contributed by atoms with E-state index < -0.39 is 84.1 Å². The van der Waals surface area contributed by atoms with E-state index in [0.29, 0.717) is 23.1 Å². The molecule has 2 heterocycles. The number of carbonyl (C=O) groups excluding carboxylic acids is 5. The fraction of sp³-hybridized carbons (Fsp3) is 0.273. The summed E-state index contributed by atoms with van der Waals surface area (Å²) in [7, 11) is 0. The summed E-state index contributed by atoms with van der Waals surface area (Å²) in [4.78, 5) is 122. The summed E-state index contributed by atoms with van der Waals surface area (Å²) in [5.74, 6) is -9.91. The van der Waals surface area contributed by atoms with Gasteiger partial charge in [0.05, 0.1) is 30.8 Å². The average Bonchev–Trinajstić information content (AvgIpc) is 4.07. The molecule has 0 spiro atoms. The molecule has 0 bridgehead atoms. The van der Waals surface area contributed by atoms with E-state index in [4.69, 9.17) is 20.4 Å². The van der Waals surface area contributed by atoms with E-state index in [2.05, 4.69) is 45.7 Å². The Bertz CT molecular complexity index is 3450. The fourth-order valence-corrected chi connectivity index (χ4v) is 11.2. The molecule has 2 aromatic heterocycles. The Balaban J connectivity index is 0.000000273. The number of nitrogens with one attached hydrogen (secondary N) is 2. The Kier molecular flexibility index (Phi) is 24.9. The first-order valence-corrected chi connectivity index (χ1v) is 29.2. The van der Waals surface area contributed by atoms with Gasteiger partial charge in [0, 0.05) is 54.2 Å². The molecule has 0 aliphatic heterocycles. The van der Waals surface area contributed by atoms with Crippen molar-refractivity contribution in [1.29, 1.82) is 0 Å². The number of amides is 2. The molecule has 7 rings (SSSR count). The van der Waals surface area contributed by atoms with Crippen LogP contribution in [0.1, 0.15) is 87.0 Å². The van der Waals surface area contributed by atoms with Gasteiger partial charge in [-0.2, -0.15) is 0 Å². The summed E-state index contributed by atoms with van der Waals surface area (Å²) in [6.45, 7) is 1.24. The lowest BCUT2D eigenvalue weighted by molar-refractivity contribution is -0.142. The van der Waals surface area contributed by atoms with Crippen LogP contribution in [0.15, 0.2) is 156 Å². The zero-order valence-electron chi connectivity index (χ0n) is 46.6. The van der Waals surface area contributed by atoms with Crippen molar-refractivity contribution in [1.82, 2.24) is 10.6 Å². The van der Waals surface area contributed by atoms with Gasteiger partial charge in [-0.3, -0.25) is 47.9 Å². The van der Waals surface area contributed by atoms with Gasteiger partial charge < -0.3 is 36.2 Å². The van der Waals surface area contributed by atoms with Gasteiger partial charge >= 0.3 is 29.8 Å². The number of carboxylic acid groups (broad SMARTS) is 5. The van der Waals surface area contributed by atoms with E-state index in [1.165, 1.54) is 18.1 Å². The van der Waals surface area contributed by atoms with Gasteiger partial charge in [0.2, 0.25) is 11.8 Å². The number of aliphatic carboxylic acids is 5. The van der Waals surface area contributed by atoms with E-state index in [1.807, 2.05) is 97.1 Å². The maximum Gasteiger partial charge on any atom is 0.307 e. The Morgan fingerprint density at radius 1 is 0.412 bits per heavy atom. The average molecular weight is 1190 g/mol. The number of aryl methyl sites for hydroxylation is 1. The highest BCUT2D eigenvalue weighted by molar-refractivity contribution is 7.14. The molecule has 0 aliphatic rings. The first kappa shape index (κ1) is 65.0. The number of benzene rings is 5. The third kappa shape index (κ3) is 21.8. The van der Waals surface area contributed by atoms with Gasteiger partial charge in [0.15, 0.2) is 11.6 Å². The van der Waals surface area contributed by atoms with Crippen molar-refractivity contribution >= 4 is 81.7 Å². The van der Waals surface area contributed by atoms with Crippen molar-refractivity contribution in [2.45, 2.75) is 102 Å². The predicted molar refractivity (Wildman–Crippen MR) is 323 cm³/mol. The molecule has 7 aromatic rings. The van der Waals surface area contributed by atoms with Crippen molar-refractivity contribution in [2.24, 2.45) is 11.8 Å². The van der Waals surface area contributed by atoms with E-state index in [-0.39, 0.29) is 75.9 Å². The minimum absolute atomic E-state index is 0.0186. The van der Waals surface area contributed by atoms with Gasteiger partial charge in [0.25, 0.3) is 0 Å². The molecular formula is C66H66N2O15S2. The molecule has 0 radical (unpaired) electrons. The second-order valence-corrected chi connectivity index (χ2v) is 22.3. The van der Waals surface area contributed by atoms with Crippen molar-refractivity contribution in [3.63, 3.8) is 0 Å². The SMILES string of the molecule is CC(=O)[C@H](CCC(=O)O)CC(=O)[C@H](CCC(=O)O)NC(=O)[C@@H](CC(=O)O)Cc1ccc(-c2cc(-c3ccccc3)cs2)cc1.O=C(O)CC[C@H](NC(=O)CCc1ccc(-c2cc(-c3ccccc3)cs2)cc1)C(=O)Cc1cccc(CC(=O)O)c1. The Morgan fingerprint density at radius 2 is 0.894 bits per heavy atom. The lowest BCUT2D eigenvalue weighted by atomic mass is 9.89. The number of carboxylic acids is 5. The Hall–Kier alpha value is -9.20. The standard InChI is InChI=1S/C33H35NO9S.C33H31NO6S/c1-20(35)24(11-13-30(37)38)16-28(36)27(12-14-31(39)40)34-33(43)25(18-32(41)42)15-21-7-9-23(10-8-21)29-17-26(19-44-29)22-5-3-2-4-6-22;35-29(18-23-5-4-6-24(17-23)19-33(39)40)28(14-16-32(37)38)34-31(36)15-11-22-9-12-26(13-10-22)30-20-27(21-41-30)25-7-2-1-3-8-25/h2-10,17,19,24-25,27H,11-16,18H2,1H3,(H,34,43)(H,37,38)(H,39,40)(H,41,42);1-10,12-13,17,20-21,28H,11,14-16,18-19H2,(H,34,36)(H,37,38)(H,39,40)/t24-,25-,27+;28-/m10/s1. The van der Waals surface area contributed by atoms with E-state index in [9.17, 15) is 53.1 Å². The summed E-state index contributed by atoms with van der Waals surface area (Å²) < 4.78 is 0. The normalized spacial score (nSPS) is 12.2. The third-order valence-corrected chi connectivity index (χ3v) is 15.9. The zero-order chi connectivity index (χ0) is 61.4. The van der Waals surface area contributed by atoms with E-state index in [1.54, 1.807) is 46.9 Å². The Labute approximate surface area is 499 Å². The number of hydrogen-bond acceptors (Lipinski definition) is 12. The highest BCUT2D eigenvalue weighted by Crippen LogP contribution is 2.34. The van der Waals surface area contributed by atoms with Gasteiger partial charge in [-0.1, -0.05) is 133 Å². The van der Waals surface area contributed by atoms with Gasteiger partial charge in [0.1, 0.15) is 5.78 Å². The van der Waals surface area contributed by atoms with Crippen LogP contribution in [0.4, 0.5) is 0 Å². The minimum atomic E-state index is -1.28. The maximum atomic E-state index is 13.3. The molecule has 85 heavy (non-hydrogen) atoms.